The van der Waals surface area contributed by atoms with Gasteiger partial charge in [0, 0.05) is 24.3 Å². The van der Waals surface area contributed by atoms with Crippen LogP contribution in [0.3, 0.4) is 0 Å². The van der Waals surface area contributed by atoms with Crippen LogP contribution in [0.4, 0.5) is 11.4 Å². The molecule has 1 aliphatic carbocycles. The Balaban J connectivity index is 1.94. The van der Waals surface area contributed by atoms with E-state index in [1.165, 1.54) is 39.0 Å². The van der Waals surface area contributed by atoms with Gasteiger partial charge in [-0.2, -0.15) is 0 Å². The number of benzene rings is 1. The average Bonchev–Trinajstić information content (AvgIpc) is 2.51. The van der Waals surface area contributed by atoms with Crippen molar-refractivity contribution >= 4 is 23.2 Å². The number of nitrogens with zero attached hydrogens (tertiary/aromatic N) is 1. The van der Waals surface area contributed by atoms with Crippen molar-refractivity contribution in [3.05, 3.63) is 23.8 Å². The molecule has 5 nitrogen and oxygen atoms in total. The maximum absolute atomic E-state index is 12.3. The zero-order chi connectivity index (χ0) is 16.8. The summed E-state index contributed by atoms with van der Waals surface area (Å²) < 4.78 is 0. The van der Waals surface area contributed by atoms with E-state index < -0.39 is 0 Å². The van der Waals surface area contributed by atoms with E-state index in [-0.39, 0.29) is 11.8 Å². The molecule has 0 aliphatic heterocycles. The van der Waals surface area contributed by atoms with Crippen LogP contribution < -0.4 is 10.6 Å². The molecule has 0 heterocycles. The third-order valence-electron chi connectivity index (χ3n) is 4.42. The van der Waals surface area contributed by atoms with E-state index in [2.05, 4.69) is 15.5 Å². The standard InChI is InChI=1S/C18H27N3O2/c1-13-9-10-15(19-14(2)22)11-17(13)20-18(23)12-21(3)16-7-5-4-6-8-16/h9-11,16H,4-8,12H2,1-3H3,(H,19,22)(H,20,23). The molecule has 1 fully saturated rings. The Hall–Kier alpha value is -1.88. The Morgan fingerprint density at radius 2 is 1.87 bits per heavy atom. The van der Waals surface area contributed by atoms with Gasteiger partial charge in [0.05, 0.1) is 6.54 Å². The molecule has 126 valence electrons. The predicted octanol–water partition coefficient (Wildman–Crippen LogP) is 3.16. The highest BCUT2D eigenvalue weighted by atomic mass is 16.2. The molecule has 23 heavy (non-hydrogen) atoms. The van der Waals surface area contributed by atoms with Crippen molar-refractivity contribution in [1.82, 2.24) is 4.90 Å². The molecule has 2 amide bonds. The van der Waals surface area contributed by atoms with Crippen LogP contribution in [-0.2, 0) is 9.59 Å². The van der Waals surface area contributed by atoms with Crippen LogP contribution in [0.2, 0.25) is 0 Å². The molecule has 1 aromatic rings. The first kappa shape index (κ1) is 17.5. The molecule has 0 spiro atoms. The van der Waals surface area contributed by atoms with E-state index in [0.717, 1.165) is 11.3 Å². The lowest BCUT2D eigenvalue weighted by Gasteiger charge is -2.30. The Morgan fingerprint density at radius 3 is 2.52 bits per heavy atom. The van der Waals surface area contributed by atoms with E-state index in [9.17, 15) is 9.59 Å². The number of hydrogen-bond acceptors (Lipinski definition) is 3. The van der Waals surface area contributed by atoms with Crippen molar-refractivity contribution in [1.29, 1.82) is 0 Å². The van der Waals surface area contributed by atoms with Crippen LogP contribution in [0.15, 0.2) is 18.2 Å². The van der Waals surface area contributed by atoms with Crippen molar-refractivity contribution in [2.75, 3.05) is 24.2 Å². The lowest BCUT2D eigenvalue weighted by molar-refractivity contribution is -0.117. The number of anilines is 2. The van der Waals surface area contributed by atoms with E-state index in [0.29, 0.717) is 18.3 Å². The Labute approximate surface area is 138 Å². The van der Waals surface area contributed by atoms with Crippen molar-refractivity contribution in [2.45, 2.75) is 52.0 Å². The number of likely N-dealkylation sites (N-methyl/N-ethyl adjacent to an activating group) is 1. The van der Waals surface area contributed by atoms with Gasteiger partial charge in [-0.1, -0.05) is 25.3 Å². The maximum atomic E-state index is 12.3. The summed E-state index contributed by atoms with van der Waals surface area (Å²) >= 11 is 0. The SMILES string of the molecule is CC(=O)Nc1ccc(C)c(NC(=O)CN(C)C2CCCCC2)c1. The highest BCUT2D eigenvalue weighted by Gasteiger charge is 2.20. The minimum absolute atomic E-state index is 0.0128. The van der Waals surface area contributed by atoms with Gasteiger partial charge in [-0.15, -0.1) is 0 Å². The molecule has 0 radical (unpaired) electrons. The second-order valence-electron chi connectivity index (χ2n) is 6.47. The number of amides is 2. The number of aryl methyl sites for hydroxylation is 1. The molecule has 0 atom stereocenters. The molecule has 0 unspecified atom stereocenters. The summed E-state index contributed by atoms with van der Waals surface area (Å²) in [6, 6.07) is 6.04. The first-order chi connectivity index (χ1) is 11.0. The summed E-state index contributed by atoms with van der Waals surface area (Å²) in [5.41, 5.74) is 2.42. The first-order valence-electron chi connectivity index (χ1n) is 8.34. The third kappa shape index (κ3) is 5.36. The van der Waals surface area contributed by atoms with Crippen molar-refractivity contribution in [3.63, 3.8) is 0 Å². The van der Waals surface area contributed by atoms with Gasteiger partial charge >= 0.3 is 0 Å². The monoisotopic (exact) mass is 317 g/mol. The molecule has 2 N–H and O–H groups in total. The normalized spacial score (nSPS) is 15.5. The molecule has 5 heteroatoms. The molecular formula is C18H27N3O2. The second kappa shape index (κ2) is 8.11. The Bertz CT molecular complexity index is 565. The van der Waals surface area contributed by atoms with Gasteiger partial charge in [0.2, 0.25) is 11.8 Å². The van der Waals surface area contributed by atoms with Crippen LogP contribution in [0.25, 0.3) is 0 Å². The lowest BCUT2D eigenvalue weighted by atomic mass is 9.94. The van der Waals surface area contributed by atoms with Crippen LogP contribution in [0.5, 0.6) is 0 Å². The summed E-state index contributed by atoms with van der Waals surface area (Å²) in [4.78, 5) is 25.6. The highest BCUT2D eigenvalue weighted by Crippen LogP contribution is 2.22. The van der Waals surface area contributed by atoms with Gasteiger partial charge in [-0.3, -0.25) is 14.5 Å². The highest BCUT2D eigenvalue weighted by molar-refractivity contribution is 5.95. The average molecular weight is 317 g/mol. The summed E-state index contributed by atoms with van der Waals surface area (Å²) in [7, 11) is 2.02. The predicted molar refractivity (Wildman–Crippen MR) is 93.6 cm³/mol. The van der Waals surface area contributed by atoms with Crippen molar-refractivity contribution in [2.24, 2.45) is 0 Å². The van der Waals surface area contributed by atoms with Gasteiger partial charge in [0.15, 0.2) is 0 Å². The van der Waals surface area contributed by atoms with Gasteiger partial charge in [0.25, 0.3) is 0 Å². The smallest absolute Gasteiger partial charge is 0.238 e. The molecule has 0 bridgehead atoms. The van der Waals surface area contributed by atoms with Crippen LogP contribution >= 0.6 is 0 Å². The minimum atomic E-state index is -0.122. The summed E-state index contributed by atoms with van der Waals surface area (Å²) in [5.74, 6) is -0.135. The topological polar surface area (TPSA) is 61.4 Å². The zero-order valence-corrected chi connectivity index (χ0v) is 14.3. The Morgan fingerprint density at radius 1 is 1.17 bits per heavy atom. The van der Waals surface area contributed by atoms with Gasteiger partial charge in [-0.25, -0.2) is 0 Å². The van der Waals surface area contributed by atoms with Crippen LogP contribution in [0, 0.1) is 6.92 Å². The summed E-state index contributed by atoms with van der Waals surface area (Å²) in [5, 5.41) is 5.70. The quantitative estimate of drug-likeness (QED) is 0.877. The molecule has 0 aromatic heterocycles. The van der Waals surface area contributed by atoms with Gasteiger partial charge < -0.3 is 10.6 Å². The number of hydrogen-bond donors (Lipinski definition) is 2. The molecule has 1 aromatic carbocycles. The molecular weight excluding hydrogens is 290 g/mol. The van der Waals surface area contributed by atoms with E-state index in [1.54, 1.807) is 6.07 Å². The summed E-state index contributed by atoms with van der Waals surface area (Å²) in [6.07, 6.45) is 6.19. The maximum Gasteiger partial charge on any atom is 0.238 e. The first-order valence-corrected chi connectivity index (χ1v) is 8.34. The lowest BCUT2D eigenvalue weighted by Crippen LogP contribution is -2.39. The fraction of sp³-hybridized carbons (Fsp3) is 0.556. The van der Waals surface area contributed by atoms with Crippen molar-refractivity contribution < 1.29 is 9.59 Å². The number of rotatable bonds is 5. The van der Waals surface area contributed by atoms with E-state index in [1.807, 2.05) is 26.1 Å². The number of nitrogens with one attached hydrogen (secondary N) is 2. The van der Waals surface area contributed by atoms with Crippen LogP contribution in [0.1, 0.15) is 44.6 Å². The third-order valence-corrected chi connectivity index (χ3v) is 4.42. The molecule has 1 aliphatic rings. The minimum Gasteiger partial charge on any atom is -0.326 e. The zero-order valence-electron chi connectivity index (χ0n) is 14.3. The fourth-order valence-electron chi connectivity index (χ4n) is 3.10. The van der Waals surface area contributed by atoms with Gasteiger partial charge in [0.1, 0.15) is 0 Å². The molecule has 2 rings (SSSR count). The number of carbonyl (C=O) groups excluding carboxylic acids is 2. The van der Waals surface area contributed by atoms with Crippen LogP contribution in [-0.4, -0.2) is 36.3 Å². The van der Waals surface area contributed by atoms with Gasteiger partial charge in [-0.05, 0) is 44.5 Å². The number of carbonyl (C=O) groups is 2. The van der Waals surface area contributed by atoms with E-state index >= 15 is 0 Å². The summed E-state index contributed by atoms with van der Waals surface area (Å²) in [6.45, 7) is 3.81. The fourth-order valence-corrected chi connectivity index (χ4v) is 3.10. The van der Waals surface area contributed by atoms with E-state index in [4.69, 9.17) is 0 Å². The second-order valence-corrected chi connectivity index (χ2v) is 6.47. The van der Waals surface area contributed by atoms with Crippen molar-refractivity contribution in [3.8, 4) is 0 Å². The molecule has 0 saturated heterocycles. The largest absolute Gasteiger partial charge is 0.326 e. The molecule has 1 saturated carbocycles. The Kier molecular flexibility index (Phi) is 6.16.